The quantitative estimate of drug-likeness (QED) is 0.207. The van der Waals surface area contributed by atoms with Gasteiger partial charge in [0, 0.05) is 35.9 Å². The molecule has 0 heterocycles. The van der Waals surface area contributed by atoms with Gasteiger partial charge in [0.15, 0.2) is 0 Å². The maximum absolute atomic E-state index is 12.2. The third kappa shape index (κ3) is 10.4. The summed E-state index contributed by atoms with van der Waals surface area (Å²) in [6.45, 7) is 14.0. The predicted octanol–water partition coefficient (Wildman–Crippen LogP) is 7.21. The molecule has 0 saturated heterocycles. The molecular weight excluding hydrogens is 485 g/mol. The van der Waals surface area contributed by atoms with E-state index in [1.165, 1.54) is 0 Å². The summed E-state index contributed by atoms with van der Waals surface area (Å²) < 4.78 is 5.40. The molecule has 3 aromatic carbocycles. The number of carbonyl (C=O) groups excluding carboxylic acids is 1. The molecule has 0 fully saturated rings. The van der Waals surface area contributed by atoms with Crippen molar-refractivity contribution in [3.8, 4) is 35.1 Å². The van der Waals surface area contributed by atoms with Gasteiger partial charge in [0.1, 0.15) is 8.07 Å². The van der Waals surface area contributed by atoms with E-state index >= 15 is 0 Å². The fourth-order valence-electron chi connectivity index (χ4n) is 3.05. The van der Waals surface area contributed by atoms with Crippen LogP contribution >= 0.6 is 0 Å². The molecule has 0 saturated carbocycles. The van der Waals surface area contributed by atoms with Crippen molar-refractivity contribution in [2.24, 2.45) is 0 Å². The van der Waals surface area contributed by atoms with Gasteiger partial charge < -0.3 is 4.74 Å². The van der Waals surface area contributed by atoms with Crippen molar-refractivity contribution in [3.63, 3.8) is 0 Å². The first kappa shape index (κ1) is 27.8. The SMILES string of the molecule is C[Si](C)(C)C#Cc1ccc(C#Cc2ccc(C#Cc3ccc(C(=O)OCC[Si](C)(C)C)cc3)cc2)cc1. The summed E-state index contributed by atoms with van der Waals surface area (Å²) in [5.74, 6) is 15.7. The Morgan fingerprint density at radius 3 is 1.30 bits per heavy atom. The van der Waals surface area contributed by atoms with E-state index in [1.807, 2.05) is 60.7 Å². The van der Waals surface area contributed by atoms with Gasteiger partial charge in [-0.3, -0.25) is 0 Å². The van der Waals surface area contributed by atoms with E-state index in [0.717, 1.165) is 33.9 Å². The van der Waals surface area contributed by atoms with Gasteiger partial charge in [-0.1, -0.05) is 68.9 Å². The lowest BCUT2D eigenvalue weighted by Crippen LogP contribution is -2.22. The highest BCUT2D eigenvalue weighted by Gasteiger charge is 2.14. The second-order valence-electron chi connectivity index (χ2n) is 11.2. The largest absolute Gasteiger partial charge is 0.462 e. The fraction of sp³-hybridized carbons (Fsp3) is 0.242. The van der Waals surface area contributed by atoms with Gasteiger partial charge >= 0.3 is 5.97 Å². The summed E-state index contributed by atoms with van der Waals surface area (Å²) in [5, 5.41) is 0. The van der Waals surface area contributed by atoms with E-state index in [0.29, 0.717) is 12.2 Å². The summed E-state index contributed by atoms with van der Waals surface area (Å²) in [4.78, 5) is 12.2. The summed E-state index contributed by atoms with van der Waals surface area (Å²) in [7, 11) is -2.59. The average Bonchev–Trinajstić information content (AvgIpc) is 2.85. The minimum absolute atomic E-state index is 0.277. The molecule has 37 heavy (non-hydrogen) atoms. The number of rotatable bonds is 4. The van der Waals surface area contributed by atoms with Crippen molar-refractivity contribution in [1.29, 1.82) is 0 Å². The van der Waals surface area contributed by atoms with Crippen molar-refractivity contribution in [3.05, 3.63) is 106 Å². The third-order valence-electron chi connectivity index (χ3n) is 5.26. The molecule has 0 aliphatic carbocycles. The Balaban J connectivity index is 1.57. The number of benzene rings is 3. The van der Waals surface area contributed by atoms with Crippen LogP contribution in [0.2, 0.25) is 45.3 Å². The lowest BCUT2D eigenvalue weighted by atomic mass is 10.1. The summed E-state index contributed by atoms with van der Waals surface area (Å²) >= 11 is 0. The molecule has 4 heteroatoms. The van der Waals surface area contributed by atoms with Crippen molar-refractivity contribution < 1.29 is 9.53 Å². The van der Waals surface area contributed by atoms with Crippen LogP contribution in [0.1, 0.15) is 38.2 Å². The molecule has 0 N–H and O–H groups in total. The van der Waals surface area contributed by atoms with Crippen LogP contribution in [0, 0.1) is 35.1 Å². The van der Waals surface area contributed by atoms with Gasteiger partial charge in [0.25, 0.3) is 0 Å². The number of hydrogen-bond acceptors (Lipinski definition) is 2. The van der Waals surface area contributed by atoms with Crippen molar-refractivity contribution >= 4 is 22.1 Å². The average molecular weight is 519 g/mol. The molecule has 0 bridgehead atoms. The Kier molecular flexibility index (Phi) is 9.38. The van der Waals surface area contributed by atoms with Crippen LogP contribution in [0.25, 0.3) is 0 Å². The van der Waals surface area contributed by atoms with Gasteiger partial charge in [0.2, 0.25) is 0 Å². The van der Waals surface area contributed by atoms with Crippen LogP contribution < -0.4 is 0 Å². The maximum Gasteiger partial charge on any atom is 0.338 e. The summed E-state index contributed by atoms with van der Waals surface area (Å²) in [6, 6.07) is 24.2. The van der Waals surface area contributed by atoms with E-state index < -0.39 is 16.1 Å². The Hall–Kier alpha value is -3.76. The second kappa shape index (κ2) is 12.5. The zero-order valence-corrected chi connectivity index (χ0v) is 24.7. The van der Waals surface area contributed by atoms with E-state index in [-0.39, 0.29) is 5.97 Å². The monoisotopic (exact) mass is 518 g/mol. The standard InChI is InChI=1S/C33H34O2Si2/c1-36(2,3)25-23-31-17-15-29(16-18-31)12-11-27-7-9-28(10-8-27)13-14-30-19-21-32(22-20-30)33(34)35-24-26-37(4,5)6/h7-10,15-22H,24,26H2,1-6H3. The van der Waals surface area contributed by atoms with Gasteiger partial charge in [0.05, 0.1) is 12.2 Å². The van der Waals surface area contributed by atoms with Crippen LogP contribution in [-0.2, 0) is 4.74 Å². The van der Waals surface area contributed by atoms with Crippen molar-refractivity contribution in [2.45, 2.75) is 45.3 Å². The molecule has 186 valence electrons. The molecule has 0 aromatic heterocycles. The van der Waals surface area contributed by atoms with Crippen LogP contribution in [0.15, 0.2) is 72.8 Å². The molecule has 0 aliphatic rings. The molecule has 3 rings (SSSR count). The molecule has 0 atom stereocenters. The fourth-order valence-corrected chi connectivity index (χ4v) is 4.28. The molecule has 0 amide bonds. The summed E-state index contributed by atoms with van der Waals surface area (Å²) in [6.07, 6.45) is 0. The molecular formula is C33H34O2Si2. The van der Waals surface area contributed by atoms with Crippen LogP contribution in [0.5, 0.6) is 0 Å². The van der Waals surface area contributed by atoms with Crippen LogP contribution in [-0.4, -0.2) is 28.7 Å². The Morgan fingerprint density at radius 1 is 0.595 bits per heavy atom. The highest BCUT2D eigenvalue weighted by atomic mass is 28.3. The topological polar surface area (TPSA) is 26.3 Å². The van der Waals surface area contributed by atoms with Crippen LogP contribution in [0.3, 0.4) is 0 Å². The normalized spacial score (nSPS) is 10.6. The molecule has 0 radical (unpaired) electrons. The predicted molar refractivity (Wildman–Crippen MR) is 160 cm³/mol. The van der Waals surface area contributed by atoms with Gasteiger partial charge in [-0.05, 0) is 78.8 Å². The minimum Gasteiger partial charge on any atom is -0.462 e. The maximum atomic E-state index is 12.2. The zero-order chi connectivity index (χ0) is 26.9. The molecule has 2 nitrogen and oxygen atoms in total. The Bertz CT molecular complexity index is 1400. The van der Waals surface area contributed by atoms with Gasteiger partial charge in [-0.25, -0.2) is 4.79 Å². The molecule has 0 aliphatic heterocycles. The van der Waals surface area contributed by atoms with Crippen LogP contribution in [0.4, 0.5) is 0 Å². The highest BCUT2D eigenvalue weighted by Crippen LogP contribution is 2.11. The lowest BCUT2D eigenvalue weighted by molar-refractivity contribution is 0.0525. The smallest absolute Gasteiger partial charge is 0.338 e. The van der Waals surface area contributed by atoms with E-state index in [1.54, 1.807) is 12.1 Å². The van der Waals surface area contributed by atoms with Crippen molar-refractivity contribution in [1.82, 2.24) is 0 Å². The Labute approximate surface area is 224 Å². The highest BCUT2D eigenvalue weighted by molar-refractivity contribution is 6.83. The molecule has 3 aromatic rings. The summed E-state index contributed by atoms with van der Waals surface area (Å²) in [5.41, 5.74) is 8.62. The first-order valence-corrected chi connectivity index (χ1v) is 19.7. The zero-order valence-electron chi connectivity index (χ0n) is 22.7. The lowest BCUT2D eigenvalue weighted by Gasteiger charge is -2.15. The van der Waals surface area contributed by atoms with E-state index in [9.17, 15) is 4.79 Å². The Morgan fingerprint density at radius 2 is 0.946 bits per heavy atom. The van der Waals surface area contributed by atoms with E-state index in [2.05, 4.69) is 74.4 Å². The number of carbonyl (C=O) groups is 1. The minimum atomic E-state index is -1.37. The first-order valence-electron chi connectivity index (χ1n) is 12.5. The number of ether oxygens (including phenoxy) is 1. The first-order chi connectivity index (χ1) is 17.5. The second-order valence-corrected chi connectivity index (χ2v) is 21.5. The number of hydrogen-bond donors (Lipinski definition) is 0. The number of esters is 1. The molecule has 0 unspecified atom stereocenters. The molecule has 0 spiro atoms. The van der Waals surface area contributed by atoms with Gasteiger partial charge in [-0.2, -0.15) is 0 Å². The van der Waals surface area contributed by atoms with Crippen molar-refractivity contribution in [2.75, 3.05) is 6.61 Å². The van der Waals surface area contributed by atoms with Gasteiger partial charge in [-0.15, -0.1) is 5.54 Å². The van der Waals surface area contributed by atoms with E-state index in [4.69, 9.17) is 4.74 Å². The third-order valence-corrected chi connectivity index (χ3v) is 7.84.